The third kappa shape index (κ3) is 5.46. The second-order valence-electron chi connectivity index (χ2n) is 5.31. The Balaban J connectivity index is 0.00000117. The van der Waals surface area contributed by atoms with Gasteiger partial charge in [0.2, 0.25) is 5.91 Å². The van der Waals surface area contributed by atoms with Crippen LogP contribution in [0.4, 0.5) is 4.79 Å². The van der Waals surface area contributed by atoms with Crippen molar-refractivity contribution >= 4 is 28.7 Å². The van der Waals surface area contributed by atoms with E-state index in [1.165, 1.54) is 0 Å². The molecule has 2 aromatic rings. The maximum Gasteiger partial charge on any atom is 0.286 e. The standard InChI is InChI=1S/C18H15NO4S.C2H6/c20-15(13-4-2-1-3-5-13)11-23-14-8-6-12(7-9-14)10-16-17(21)19-18(22)24-16;1-2/h1-9,16H,10-11H2,(H,19,21,22);1-2H3/t16-;/m0./s1. The molecule has 0 aliphatic carbocycles. The second kappa shape index (κ2) is 9.77. The fraction of sp³-hybridized carbons (Fsp3) is 0.250. The van der Waals surface area contributed by atoms with E-state index in [1.54, 1.807) is 24.3 Å². The largest absolute Gasteiger partial charge is 0.485 e. The van der Waals surface area contributed by atoms with Crippen molar-refractivity contribution in [2.24, 2.45) is 0 Å². The molecule has 0 radical (unpaired) electrons. The summed E-state index contributed by atoms with van der Waals surface area (Å²) in [5, 5.41) is 1.58. The number of amides is 2. The van der Waals surface area contributed by atoms with Crippen molar-refractivity contribution in [2.75, 3.05) is 6.61 Å². The van der Waals surface area contributed by atoms with Crippen LogP contribution in [0.1, 0.15) is 29.8 Å². The average molecular weight is 371 g/mol. The minimum absolute atomic E-state index is 0.0290. The Bertz CT molecular complexity index is 759. The number of ether oxygens (including phenoxy) is 1. The van der Waals surface area contributed by atoms with Gasteiger partial charge in [-0.25, -0.2) is 0 Å². The van der Waals surface area contributed by atoms with Gasteiger partial charge >= 0.3 is 0 Å². The first-order valence-electron chi connectivity index (χ1n) is 8.43. The number of hydrogen-bond donors (Lipinski definition) is 1. The predicted molar refractivity (Wildman–Crippen MR) is 103 cm³/mol. The molecule has 5 nitrogen and oxygen atoms in total. The molecule has 1 heterocycles. The van der Waals surface area contributed by atoms with Crippen LogP contribution in [0.25, 0.3) is 0 Å². The number of carbonyl (C=O) groups is 3. The number of carbonyl (C=O) groups excluding carboxylic acids is 3. The van der Waals surface area contributed by atoms with Crippen molar-refractivity contribution in [3.63, 3.8) is 0 Å². The van der Waals surface area contributed by atoms with Gasteiger partial charge in [-0.05, 0) is 24.1 Å². The Kier molecular flexibility index (Phi) is 7.41. The van der Waals surface area contributed by atoms with Gasteiger partial charge in [-0.15, -0.1) is 0 Å². The molecule has 2 aromatic carbocycles. The molecule has 1 aliphatic rings. The van der Waals surface area contributed by atoms with Gasteiger partial charge in [-0.3, -0.25) is 19.7 Å². The summed E-state index contributed by atoms with van der Waals surface area (Å²) in [6, 6.07) is 16.2. The fourth-order valence-electron chi connectivity index (χ4n) is 2.32. The molecule has 0 aromatic heterocycles. The monoisotopic (exact) mass is 371 g/mol. The second-order valence-corrected chi connectivity index (χ2v) is 6.48. The van der Waals surface area contributed by atoms with Gasteiger partial charge in [0, 0.05) is 5.56 Å². The van der Waals surface area contributed by atoms with E-state index in [1.807, 2.05) is 44.2 Å². The van der Waals surface area contributed by atoms with Gasteiger partial charge < -0.3 is 4.74 Å². The molecule has 6 heteroatoms. The molecule has 0 spiro atoms. The number of nitrogens with one attached hydrogen (secondary N) is 1. The lowest BCUT2D eigenvalue weighted by Crippen LogP contribution is -2.25. The first-order valence-corrected chi connectivity index (χ1v) is 9.31. The van der Waals surface area contributed by atoms with Crippen LogP contribution < -0.4 is 10.1 Å². The molecule has 1 aliphatic heterocycles. The normalized spacial score (nSPS) is 15.7. The molecule has 1 fully saturated rings. The molecule has 1 saturated heterocycles. The molecule has 0 saturated carbocycles. The van der Waals surface area contributed by atoms with Gasteiger partial charge in [0.1, 0.15) is 5.75 Å². The highest BCUT2D eigenvalue weighted by Crippen LogP contribution is 2.23. The summed E-state index contributed by atoms with van der Waals surface area (Å²) in [5.41, 5.74) is 1.54. The summed E-state index contributed by atoms with van der Waals surface area (Å²) in [6.45, 7) is 3.97. The fourth-order valence-corrected chi connectivity index (χ4v) is 3.18. The van der Waals surface area contributed by atoms with Crippen LogP contribution in [0.2, 0.25) is 0 Å². The quantitative estimate of drug-likeness (QED) is 0.781. The van der Waals surface area contributed by atoms with Crippen molar-refractivity contribution in [1.82, 2.24) is 5.32 Å². The van der Waals surface area contributed by atoms with Crippen molar-refractivity contribution in [1.29, 1.82) is 0 Å². The van der Waals surface area contributed by atoms with E-state index in [0.29, 0.717) is 17.7 Å². The highest BCUT2D eigenvalue weighted by molar-refractivity contribution is 8.15. The molecular weight excluding hydrogens is 350 g/mol. The molecule has 0 bridgehead atoms. The zero-order valence-corrected chi connectivity index (χ0v) is 15.5. The van der Waals surface area contributed by atoms with E-state index in [4.69, 9.17) is 4.74 Å². The van der Waals surface area contributed by atoms with Crippen LogP contribution in [-0.2, 0) is 11.2 Å². The molecule has 136 valence electrons. The van der Waals surface area contributed by atoms with E-state index in [2.05, 4.69) is 5.32 Å². The van der Waals surface area contributed by atoms with Crippen molar-refractivity contribution < 1.29 is 19.1 Å². The van der Waals surface area contributed by atoms with Crippen LogP contribution >= 0.6 is 11.8 Å². The third-order valence-corrected chi connectivity index (χ3v) is 4.56. The van der Waals surface area contributed by atoms with Gasteiger partial charge in [0.15, 0.2) is 12.4 Å². The lowest BCUT2D eigenvalue weighted by atomic mass is 10.1. The van der Waals surface area contributed by atoms with E-state index in [9.17, 15) is 14.4 Å². The Morgan fingerprint density at radius 1 is 1.04 bits per heavy atom. The first-order chi connectivity index (χ1) is 12.6. The minimum Gasteiger partial charge on any atom is -0.485 e. The third-order valence-electron chi connectivity index (χ3n) is 3.58. The number of benzene rings is 2. The topological polar surface area (TPSA) is 72.5 Å². The van der Waals surface area contributed by atoms with Crippen LogP contribution in [0.15, 0.2) is 54.6 Å². The summed E-state index contributed by atoms with van der Waals surface area (Å²) in [6.07, 6.45) is 0.478. The number of ketones is 1. The molecular formula is C20H21NO4S. The van der Waals surface area contributed by atoms with Gasteiger partial charge in [0.05, 0.1) is 5.25 Å². The van der Waals surface area contributed by atoms with Crippen molar-refractivity contribution in [2.45, 2.75) is 25.5 Å². The molecule has 26 heavy (non-hydrogen) atoms. The van der Waals surface area contributed by atoms with Crippen LogP contribution in [0.3, 0.4) is 0 Å². The predicted octanol–water partition coefficient (Wildman–Crippen LogP) is 3.87. The van der Waals surface area contributed by atoms with Gasteiger partial charge in [0.25, 0.3) is 5.24 Å². The Morgan fingerprint density at radius 2 is 1.69 bits per heavy atom. The Morgan fingerprint density at radius 3 is 2.27 bits per heavy atom. The lowest BCUT2D eigenvalue weighted by Gasteiger charge is -2.08. The maximum absolute atomic E-state index is 12.0. The summed E-state index contributed by atoms with van der Waals surface area (Å²) < 4.78 is 5.50. The van der Waals surface area contributed by atoms with E-state index >= 15 is 0 Å². The Labute approximate surface area is 157 Å². The van der Waals surface area contributed by atoms with Crippen molar-refractivity contribution in [3.8, 4) is 5.75 Å². The zero-order valence-electron chi connectivity index (χ0n) is 14.7. The number of thioether (sulfide) groups is 1. The summed E-state index contributed by atoms with van der Waals surface area (Å²) in [7, 11) is 0. The van der Waals surface area contributed by atoms with Crippen LogP contribution in [0.5, 0.6) is 5.75 Å². The molecule has 3 rings (SSSR count). The highest BCUT2D eigenvalue weighted by atomic mass is 32.2. The zero-order chi connectivity index (χ0) is 18.9. The van der Waals surface area contributed by atoms with Gasteiger partial charge in [-0.2, -0.15) is 0 Å². The van der Waals surface area contributed by atoms with E-state index < -0.39 is 0 Å². The Hall–Kier alpha value is -2.60. The molecule has 1 atom stereocenters. The van der Waals surface area contributed by atoms with Crippen LogP contribution in [0, 0.1) is 0 Å². The number of rotatable bonds is 6. The maximum atomic E-state index is 12.0. The number of hydrogen-bond acceptors (Lipinski definition) is 5. The molecule has 2 amide bonds. The average Bonchev–Trinajstić information content (AvgIpc) is 3.00. The lowest BCUT2D eigenvalue weighted by molar-refractivity contribution is -0.118. The summed E-state index contributed by atoms with van der Waals surface area (Å²) >= 11 is 1.01. The SMILES string of the molecule is CC.O=C1NC(=O)[C@H](Cc2ccc(OCC(=O)c3ccccc3)cc2)S1. The first kappa shape index (κ1) is 19.7. The van der Waals surface area contributed by atoms with Crippen LogP contribution in [-0.4, -0.2) is 28.8 Å². The highest BCUT2D eigenvalue weighted by Gasteiger charge is 2.31. The minimum atomic E-state index is -0.385. The smallest absolute Gasteiger partial charge is 0.286 e. The summed E-state index contributed by atoms with van der Waals surface area (Å²) in [4.78, 5) is 34.7. The molecule has 1 N–H and O–H groups in total. The number of Topliss-reactive ketones (excluding diaryl/α,β-unsaturated/α-hetero) is 1. The number of imide groups is 1. The van der Waals surface area contributed by atoms with E-state index in [-0.39, 0.29) is 28.8 Å². The molecule has 0 unspecified atom stereocenters. The van der Waals surface area contributed by atoms with Crippen molar-refractivity contribution in [3.05, 3.63) is 65.7 Å². The summed E-state index contributed by atoms with van der Waals surface area (Å²) in [5.74, 6) is 0.249. The van der Waals surface area contributed by atoms with E-state index in [0.717, 1.165) is 17.3 Å². The van der Waals surface area contributed by atoms with Gasteiger partial charge in [-0.1, -0.05) is 68.1 Å².